The fourth-order valence-corrected chi connectivity index (χ4v) is 3.14. The number of amides is 2. The van der Waals surface area contributed by atoms with E-state index in [1.54, 1.807) is 17.0 Å². The number of benzene rings is 2. The van der Waals surface area contributed by atoms with Crippen molar-refractivity contribution in [3.8, 4) is 0 Å². The Morgan fingerprint density at radius 1 is 1.04 bits per heavy atom. The summed E-state index contributed by atoms with van der Waals surface area (Å²) in [4.78, 5) is 28.4. The summed E-state index contributed by atoms with van der Waals surface area (Å²) in [5, 5.41) is 2.86. The molecule has 0 unspecified atom stereocenters. The largest absolute Gasteiger partial charge is 0.399 e. The van der Waals surface area contributed by atoms with Crippen LogP contribution in [0.4, 0.5) is 11.4 Å². The summed E-state index contributed by atoms with van der Waals surface area (Å²) in [6.07, 6.45) is 0. The Bertz CT molecular complexity index is 789. The number of piperazine rings is 1. The van der Waals surface area contributed by atoms with E-state index in [4.69, 9.17) is 17.3 Å². The van der Waals surface area contributed by atoms with Gasteiger partial charge in [0, 0.05) is 38.4 Å². The molecule has 3 rings (SSSR count). The molecule has 2 amide bonds. The van der Waals surface area contributed by atoms with Gasteiger partial charge in [-0.05, 0) is 23.8 Å². The molecular formula is C19H21ClN4O2. The molecule has 0 bridgehead atoms. The monoisotopic (exact) mass is 372 g/mol. The van der Waals surface area contributed by atoms with Gasteiger partial charge in [-0.2, -0.15) is 0 Å². The number of rotatable bonds is 3. The van der Waals surface area contributed by atoms with Gasteiger partial charge in [0.1, 0.15) is 0 Å². The Labute approximate surface area is 157 Å². The van der Waals surface area contributed by atoms with Crippen LogP contribution in [0, 0.1) is 0 Å². The number of hydrogen-bond donors (Lipinski definition) is 2. The topological polar surface area (TPSA) is 78.7 Å². The highest BCUT2D eigenvalue weighted by atomic mass is 35.5. The molecule has 1 fully saturated rings. The van der Waals surface area contributed by atoms with Crippen molar-refractivity contribution in [2.45, 2.75) is 6.54 Å². The molecule has 0 atom stereocenters. The van der Waals surface area contributed by atoms with E-state index >= 15 is 0 Å². The molecule has 0 aliphatic carbocycles. The second kappa shape index (κ2) is 8.21. The highest BCUT2D eigenvalue weighted by Crippen LogP contribution is 2.24. The molecule has 3 N–H and O–H groups in total. The Hall–Kier alpha value is -2.57. The molecule has 1 aliphatic heterocycles. The maximum absolute atomic E-state index is 12.4. The van der Waals surface area contributed by atoms with Crippen molar-refractivity contribution in [2.75, 3.05) is 37.2 Å². The number of nitrogens with two attached hydrogens (primary N) is 1. The molecule has 0 saturated carbocycles. The third kappa shape index (κ3) is 4.53. The van der Waals surface area contributed by atoms with Crippen LogP contribution in [0.2, 0.25) is 5.02 Å². The highest BCUT2D eigenvalue weighted by Gasteiger charge is 2.26. The van der Waals surface area contributed by atoms with Crippen molar-refractivity contribution in [3.05, 3.63) is 59.1 Å². The minimum Gasteiger partial charge on any atom is -0.399 e. The van der Waals surface area contributed by atoms with Gasteiger partial charge < -0.3 is 16.0 Å². The van der Waals surface area contributed by atoms with Crippen molar-refractivity contribution in [2.24, 2.45) is 0 Å². The highest BCUT2D eigenvalue weighted by molar-refractivity contribution is 6.41. The van der Waals surface area contributed by atoms with Gasteiger partial charge in [-0.3, -0.25) is 14.5 Å². The second-order valence-electron chi connectivity index (χ2n) is 6.25. The third-order valence-electron chi connectivity index (χ3n) is 4.34. The number of carbonyl (C=O) groups is 2. The Morgan fingerprint density at radius 3 is 2.38 bits per heavy atom. The predicted octanol–water partition coefficient (Wildman–Crippen LogP) is 2.21. The van der Waals surface area contributed by atoms with Crippen LogP contribution >= 0.6 is 11.6 Å². The Morgan fingerprint density at radius 2 is 1.73 bits per heavy atom. The molecular weight excluding hydrogens is 352 g/mol. The zero-order chi connectivity index (χ0) is 18.5. The zero-order valence-corrected chi connectivity index (χ0v) is 15.1. The van der Waals surface area contributed by atoms with Crippen molar-refractivity contribution >= 4 is 34.8 Å². The van der Waals surface area contributed by atoms with Gasteiger partial charge >= 0.3 is 11.8 Å². The third-order valence-corrected chi connectivity index (χ3v) is 4.66. The lowest BCUT2D eigenvalue weighted by atomic mass is 10.2. The standard InChI is InChI=1S/C19H21ClN4O2/c20-16-12-15(21)6-7-17(16)22-18(25)19(26)24-10-8-23(9-11-24)13-14-4-2-1-3-5-14/h1-7,12H,8-11,13,21H2,(H,22,25). The smallest absolute Gasteiger partial charge is 0.313 e. The summed E-state index contributed by atoms with van der Waals surface area (Å²) in [5.41, 5.74) is 7.74. The van der Waals surface area contributed by atoms with Crippen LogP contribution in [0.5, 0.6) is 0 Å². The van der Waals surface area contributed by atoms with E-state index in [0.717, 1.165) is 19.6 Å². The van der Waals surface area contributed by atoms with Crippen LogP contribution in [0.1, 0.15) is 5.56 Å². The summed E-state index contributed by atoms with van der Waals surface area (Å²) in [6.45, 7) is 3.35. The van der Waals surface area contributed by atoms with Gasteiger partial charge in [0.05, 0.1) is 10.7 Å². The van der Waals surface area contributed by atoms with Gasteiger partial charge in [-0.15, -0.1) is 0 Å². The summed E-state index contributed by atoms with van der Waals surface area (Å²) in [7, 11) is 0. The number of hydrogen-bond acceptors (Lipinski definition) is 4. The molecule has 1 saturated heterocycles. The minimum atomic E-state index is -0.687. The maximum atomic E-state index is 12.4. The Kier molecular flexibility index (Phi) is 5.75. The van der Waals surface area contributed by atoms with Crippen LogP contribution in [0.25, 0.3) is 0 Å². The second-order valence-corrected chi connectivity index (χ2v) is 6.65. The number of nitrogens with zero attached hydrogens (tertiary/aromatic N) is 2. The van der Waals surface area contributed by atoms with Gasteiger partial charge in [0.25, 0.3) is 0 Å². The number of nitrogens with one attached hydrogen (secondary N) is 1. The molecule has 0 aromatic heterocycles. The van der Waals surface area contributed by atoms with E-state index in [0.29, 0.717) is 29.5 Å². The first-order valence-electron chi connectivity index (χ1n) is 8.44. The van der Waals surface area contributed by atoms with Gasteiger partial charge in [-0.25, -0.2) is 0 Å². The van der Waals surface area contributed by atoms with Gasteiger partial charge in [0.15, 0.2) is 0 Å². The van der Waals surface area contributed by atoms with Crippen LogP contribution in [-0.2, 0) is 16.1 Å². The maximum Gasteiger partial charge on any atom is 0.313 e. The fraction of sp³-hybridized carbons (Fsp3) is 0.263. The lowest BCUT2D eigenvalue weighted by Crippen LogP contribution is -2.51. The minimum absolute atomic E-state index is 0.304. The molecule has 26 heavy (non-hydrogen) atoms. The normalized spacial score (nSPS) is 14.9. The van der Waals surface area contributed by atoms with E-state index in [1.807, 2.05) is 18.2 Å². The van der Waals surface area contributed by atoms with Gasteiger partial charge in [-0.1, -0.05) is 41.9 Å². The molecule has 6 nitrogen and oxygen atoms in total. The van der Waals surface area contributed by atoms with Crippen LogP contribution in [0.3, 0.4) is 0 Å². The first-order valence-corrected chi connectivity index (χ1v) is 8.82. The van der Waals surface area contributed by atoms with Crippen molar-refractivity contribution < 1.29 is 9.59 Å². The Balaban J connectivity index is 1.52. The zero-order valence-electron chi connectivity index (χ0n) is 14.3. The number of anilines is 2. The van der Waals surface area contributed by atoms with E-state index in [1.165, 1.54) is 11.6 Å². The average molecular weight is 373 g/mol. The fourth-order valence-electron chi connectivity index (χ4n) is 2.90. The average Bonchev–Trinajstić information content (AvgIpc) is 2.65. The number of halogens is 1. The van der Waals surface area contributed by atoms with Crippen LogP contribution in [0.15, 0.2) is 48.5 Å². The molecule has 1 heterocycles. The number of nitrogen functional groups attached to an aromatic ring is 1. The molecule has 2 aromatic rings. The molecule has 0 radical (unpaired) electrons. The first kappa shape index (κ1) is 18.2. The molecule has 2 aromatic carbocycles. The SMILES string of the molecule is Nc1ccc(NC(=O)C(=O)N2CCN(Cc3ccccc3)CC2)c(Cl)c1. The summed E-state index contributed by atoms with van der Waals surface area (Å²) in [6, 6.07) is 14.9. The quantitative estimate of drug-likeness (QED) is 0.639. The summed E-state index contributed by atoms with van der Waals surface area (Å²) >= 11 is 6.03. The van der Waals surface area contributed by atoms with E-state index in [9.17, 15) is 9.59 Å². The van der Waals surface area contributed by atoms with Crippen molar-refractivity contribution in [3.63, 3.8) is 0 Å². The molecule has 136 valence electrons. The van der Waals surface area contributed by atoms with Crippen molar-refractivity contribution in [1.29, 1.82) is 0 Å². The van der Waals surface area contributed by atoms with Crippen LogP contribution < -0.4 is 11.1 Å². The summed E-state index contributed by atoms with van der Waals surface area (Å²) < 4.78 is 0. The molecule has 0 spiro atoms. The predicted molar refractivity (Wildman–Crippen MR) is 103 cm³/mol. The first-order chi connectivity index (χ1) is 12.5. The van der Waals surface area contributed by atoms with Crippen molar-refractivity contribution in [1.82, 2.24) is 9.80 Å². The molecule has 7 heteroatoms. The lowest BCUT2D eigenvalue weighted by Gasteiger charge is -2.34. The van der Waals surface area contributed by atoms with E-state index < -0.39 is 11.8 Å². The molecule has 1 aliphatic rings. The van der Waals surface area contributed by atoms with E-state index in [2.05, 4.69) is 22.3 Å². The summed E-state index contributed by atoms with van der Waals surface area (Å²) in [5.74, 6) is -1.23. The number of carbonyl (C=O) groups excluding carboxylic acids is 2. The van der Waals surface area contributed by atoms with Gasteiger partial charge in [0.2, 0.25) is 0 Å². The van der Waals surface area contributed by atoms with Crippen LogP contribution in [-0.4, -0.2) is 47.8 Å². The lowest BCUT2D eigenvalue weighted by molar-refractivity contribution is -0.144. The van der Waals surface area contributed by atoms with E-state index in [-0.39, 0.29) is 0 Å².